The summed E-state index contributed by atoms with van der Waals surface area (Å²) < 4.78 is 6.79. The second-order valence-corrected chi connectivity index (χ2v) is 7.42. The van der Waals surface area contributed by atoms with E-state index in [1.807, 2.05) is 13.8 Å². The van der Waals surface area contributed by atoms with E-state index in [-0.39, 0.29) is 40.9 Å². The van der Waals surface area contributed by atoms with Gasteiger partial charge in [-0.05, 0) is 25.0 Å². The SMILES string of the molecule is Cc1oc(CN(C)C(=O)c2nn(CC(C)C)c(=O)c3ccccc23)cc1C(=O)O. The van der Waals surface area contributed by atoms with Crippen LogP contribution in [0.5, 0.6) is 0 Å². The summed E-state index contributed by atoms with van der Waals surface area (Å²) in [5.74, 6) is -0.648. The van der Waals surface area contributed by atoms with Crippen LogP contribution in [-0.4, -0.2) is 38.7 Å². The first-order valence-electron chi connectivity index (χ1n) is 9.27. The minimum Gasteiger partial charge on any atom is -0.478 e. The Hall–Kier alpha value is -3.42. The average molecular weight is 397 g/mol. The molecule has 0 unspecified atom stereocenters. The van der Waals surface area contributed by atoms with E-state index in [1.165, 1.54) is 15.6 Å². The molecule has 0 fully saturated rings. The van der Waals surface area contributed by atoms with Crippen LogP contribution in [0.2, 0.25) is 0 Å². The highest BCUT2D eigenvalue weighted by Gasteiger charge is 2.22. The molecule has 0 atom stereocenters. The average Bonchev–Trinajstić information content (AvgIpc) is 3.03. The van der Waals surface area contributed by atoms with E-state index >= 15 is 0 Å². The molecule has 0 aliphatic heterocycles. The lowest BCUT2D eigenvalue weighted by Gasteiger charge is -2.18. The van der Waals surface area contributed by atoms with E-state index in [4.69, 9.17) is 9.52 Å². The van der Waals surface area contributed by atoms with Gasteiger partial charge in [-0.1, -0.05) is 32.0 Å². The monoisotopic (exact) mass is 397 g/mol. The topological polar surface area (TPSA) is 106 Å². The van der Waals surface area contributed by atoms with Crippen molar-refractivity contribution in [1.29, 1.82) is 0 Å². The number of fused-ring (bicyclic) bond motifs is 1. The molecule has 2 aromatic heterocycles. The van der Waals surface area contributed by atoms with Gasteiger partial charge in [-0.3, -0.25) is 9.59 Å². The quantitative estimate of drug-likeness (QED) is 0.686. The molecule has 152 valence electrons. The number of hydrogen-bond donors (Lipinski definition) is 1. The maximum Gasteiger partial charge on any atom is 0.339 e. The van der Waals surface area contributed by atoms with Gasteiger partial charge in [0, 0.05) is 19.0 Å². The van der Waals surface area contributed by atoms with Gasteiger partial charge < -0.3 is 14.4 Å². The summed E-state index contributed by atoms with van der Waals surface area (Å²) in [5, 5.41) is 14.4. The fourth-order valence-corrected chi connectivity index (χ4v) is 3.18. The van der Waals surface area contributed by atoms with Crippen LogP contribution in [0.15, 0.2) is 39.5 Å². The Morgan fingerprint density at radius 1 is 1.24 bits per heavy atom. The predicted octanol–water partition coefficient (Wildman–Crippen LogP) is 2.92. The molecule has 0 aliphatic carbocycles. The van der Waals surface area contributed by atoms with Gasteiger partial charge in [-0.25, -0.2) is 9.48 Å². The lowest BCUT2D eigenvalue weighted by Crippen LogP contribution is -2.32. The summed E-state index contributed by atoms with van der Waals surface area (Å²) in [6, 6.07) is 8.29. The third-order valence-corrected chi connectivity index (χ3v) is 4.55. The highest BCUT2D eigenvalue weighted by atomic mass is 16.4. The smallest absolute Gasteiger partial charge is 0.339 e. The maximum atomic E-state index is 13.1. The summed E-state index contributed by atoms with van der Waals surface area (Å²) in [7, 11) is 1.58. The van der Waals surface area contributed by atoms with Crippen LogP contribution >= 0.6 is 0 Å². The standard InChI is InChI=1S/C21H23N3O5/c1-12(2)10-24-19(25)16-8-6-5-7-15(16)18(22-24)20(26)23(4)11-14-9-17(21(27)28)13(3)29-14/h5-9,12H,10-11H2,1-4H3,(H,27,28). The van der Waals surface area contributed by atoms with Crippen molar-refractivity contribution in [2.75, 3.05) is 7.05 Å². The van der Waals surface area contributed by atoms with Crippen molar-refractivity contribution in [3.8, 4) is 0 Å². The van der Waals surface area contributed by atoms with Crippen LogP contribution in [0, 0.1) is 12.8 Å². The summed E-state index contributed by atoms with van der Waals surface area (Å²) in [6.07, 6.45) is 0. The molecule has 2 heterocycles. The van der Waals surface area contributed by atoms with Gasteiger partial charge in [0.1, 0.15) is 17.1 Å². The van der Waals surface area contributed by atoms with Crippen LogP contribution in [0.4, 0.5) is 0 Å². The van der Waals surface area contributed by atoms with Crippen LogP contribution < -0.4 is 5.56 Å². The number of rotatable bonds is 6. The van der Waals surface area contributed by atoms with Crippen molar-refractivity contribution >= 4 is 22.6 Å². The predicted molar refractivity (Wildman–Crippen MR) is 107 cm³/mol. The minimum atomic E-state index is -1.08. The first kappa shape index (κ1) is 20.3. The lowest BCUT2D eigenvalue weighted by atomic mass is 10.1. The number of benzene rings is 1. The lowest BCUT2D eigenvalue weighted by molar-refractivity contribution is 0.0694. The van der Waals surface area contributed by atoms with Gasteiger partial charge in [-0.15, -0.1) is 0 Å². The largest absolute Gasteiger partial charge is 0.478 e. The van der Waals surface area contributed by atoms with E-state index in [9.17, 15) is 14.4 Å². The normalized spacial score (nSPS) is 11.2. The molecule has 3 rings (SSSR count). The number of carboxylic acid groups (broad SMARTS) is 1. The molecule has 0 saturated heterocycles. The van der Waals surface area contributed by atoms with Crippen molar-refractivity contribution in [3.05, 3.63) is 63.5 Å². The zero-order valence-electron chi connectivity index (χ0n) is 16.8. The fraction of sp³-hybridized carbons (Fsp3) is 0.333. The summed E-state index contributed by atoms with van der Waals surface area (Å²) >= 11 is 0. The Bertz CT molecular complexity index is 1140. The number of hydrogen-bond acceptors (Lipinski definition) is 5. The molecule has 29 heavy (non-hydrogen) atoms. The van der Waals surface area contributed by atoms with Crippen molar-refractivity contribution in [3.63, 3.8) is 0 Å². The molecular formula is C21H23N3O5. The molecule has 0 saturated carbocycles. The van der Waals surface area contributed by atoms with Gasteiger partial charge in [0.25, 0.3) is 11.5 Å². The summed E-state index contributed by atoms with van der Waals surface area (Å²) in [5.41, 5.74) is 0.00116. The van der Waals surface area contributed by atoms with Crippen LogP contribution in [0.25, 0.3) is 10.8 Å². The second kappa shape index (κ2) is 7.90. The Balaban J connectivity index is 1.99. The molecule has 8 heteroatoms. The molecule has 0 bridgehead atoms. The van der Waals surface area contributed by atoms with Crippen molar-refractivity contribution in [1.82, 2.24) is 14.7 Å². The zero-order chi connectivity index (χ0) is 21.3. The Labute approximate surface area is 167 Å². The number of amides is 1. The Morgan fingerprint density at radius 2 is 1.90 bits per heavy atom. The van der Waals surface area contributed by atoms with Gasteiger partial charge >= 0.3 is 5.97 Å². The highest BCUT2D eigenvalue weighted by Crippen LogP contribution is 2.19. The maximum absolute atomic E-state index is 13.1. The van der Waals surface area contributed by atoms with E-state index in [2.05, 4.69) is 5.10 Å². The van der Waals surface area contributed by atoms with Crippen LogP contribution in [-0.2, 0) is 13.1 Å². The molecule has 0 radical (unpaired) electrons. The van der Waals surface area contributed by atoms with Crippen molar-refractivity contribution in [2.24, 2.45) is 5.92 Å². The summed E-state index contributed by atoms with van der Waals surface area (Å²) in [6.45, 7) is 5.97. The van der Waals surface area contributed by atoms with Crippen molar-refractivity contribution < 1.29 is 19.1 Å². The molecular weight excluding hydrogens is 374 g/mol. The number of carbonyl (C=O) groups excluding carboxylic acids is 1. The van der Waals surface area contributed by atoms with Gasteiger partial charge in [0.2, 0.25) is 0 Å². The van der Waals surface area contributed by atoms with Gasteiger partial charge in [-0.2, -0.15) is 5.10 Å². The molecule has 1 amide bonds. The number of carbonyl (C=O) groups is 2. The van der Waals surface area contributed by atoms with Crippen LogP contribution in [0.1, 0.15) is 46.2 Å². The number of nitrogens with zero attached hydrogens (tertiary/aromatic N) is 3. The molecule has 0 aliphatic rings. The van der Waals surface area contributed by atoms with E-state index in [0.29, 0.717) is 23.1 Å². The van der Waals surface area contributed by atoms with Gasteiger partial charge in [0.05, 0.1) is 11.9 Å². The number of carboxylic acids is 1. The first-order valence-corrected chi connectivity index (χ1v) is 9.27. The number of furan rings is 1. The number of aryl methyl sites for hydroxylation is 1. The van der Waals surface area contributed by atoms with Crippen LogP contribution in [0.3, 0.4) is 0 Å². The van der Waals surface area contributed by atoms with Gasteiger partial charge in [0.15, 0.2) is 5.69 Å². The number of aromatic nitrogens is 2. The second-order valence-electron chi connectivity index (χ2n) is 7.42. The third kappa shape index (κ3) is 4.06. The summed E-state index contributed by atoms with van der Waals surface area (Å²) in [4.78, 5) is 38.4. The molecule has 1 N–H and O–H groups in total. The highest BCUT2D eigenvalue weighted by molar-refractivity contribution is 6.04. The minimum absolute atomic E-state index is 0.0647. The first-order chi connectivity index (χ1) is 13.7. The fourth-order valence-electron chi connectivity index (χ4n) is 3.18. The molecule has 3 aromatic rings. The zero-order valence-corrected chi connectivity index (χ0v) is 16.8. The van der Waals surface area contributed by atoms with Crippen molar-refractivity contribution in [2.45, 2.75) is 33.9 Å². The van der Waals surface area contributed by atoms with E-state index in [0.717, 1.165) is 0 Å². The third-order valence-electron chi connectivity index (χ3n) is 4.55. The van der Waals surface area contributed by atoms with E-state index < -0.39 is 5.97 Å². The molecule has 1 aromatic carbocycles. The Morgan fingerprint density at radius 3 is 2.48 bits per heavy atom. The molecule has 8 nitrogen and oxygen atoms in total. The number of aromatic carboxylic acids is 1. The molecule has 0 spiro atoms. The van der Waals surface area contributed by atoms with E-state index in [1.54, 1.807) is 38.2 Å². The Kier molecular flexibility index (Phi) is 5.54.